The van der Waals surface area contributed by atoms with Crippen LogP contribution in [0.5, 0.6) is 0 Å². The summed E-state index contributed by atoms with van der Waals surface area (Å²) in [5.41, 5.74) is 2.03. The number of hydrogen-bond acceptors (Lipinski definition) is 5. The second kappa shape index (κ2) is 7.22. The van der Waals surface area contributed by atoms with Gasteiger partial charge >= 0.3 is 0 Å². The first-order valence-electron chi connectivity index (χ1n) is 8.44. The van der Waals surface area contributed by atoms with Gasteiger partial charge in [0.25, 0.3) is 0 Å². The first kappa shape index (κ1) is 18.6. The normalized spacial score (nSPS) is 14.6. The van der Waals surface area contributed by atoms with Crippen LogP contribution < -0.4 is 10.5 Å². The van der Waals surface area contributed by atoms with E-state index in [1.165, 1.54) is 12.1 Å². The number of aryl methyl sites for hydroxylation is 1. The van der Waals surface area contributed by atoms with Crippen molar-refractivity contribution < 1.29 is 17.6 Å². The molecule has 0 radical (unpaired) electrons. The van der Waals surface area contributed by atoms with Crippen molar-refractivity contribution in [1.82, 2.24) is 4.90 Å². The fraction of sp³-hybridized carbons (Fsp3) is 0.389. The standard InChI is InChI=1S/C18H23N3O4S/c1-12-8-16(26(19,23)24)9-17(13(12)2)20-18(22)11-21(14-5-6-14)10-15-4-3-7-25-15/h3-4,7-9,14H,5-6,10-11H2,1-2H3,(H,20,22)(H2,19,23,24). The van der Waals surface area contributed by atoms with Gasteiger partial charge in [0.1, 0.15) is 5.76 Å². The van der Waals surface area contributed by atoms with Crippen molar-refractivity contribution in [3.05, 3.63) is 47.4 Å². The Morgan fingerprint density at radius 2 is 2.08 bits per heavy atom. The number of nitrogens with zero attached hydrogens (tertiary/aromatic N) is 1. The summed E-state index contributed by atoms with van der Waals surface area (Å²) in [6.45, 7) is 4.40. The average Bonchev–Trinajstić information content (AvgIpc) is 3.28. The van der Waals surface area contributed by atoms with Gasteiger partial charge < -0.3 is 9.73 Å². The van der Waals surface area contributed by atoms with Gasteiger partial charge in [-0.1, -0.05) is 0 Å². The Kier molecular flexibility index (Phi) is 5.17. The molecule has 1 amide bonds. The quantitative estimate of drug-likeness (QED) is 0.769. The van der Waals surface area contributed by atoms with Gasteiger partial charge in [0.15, 0.2) is 0 Å². The molecule has 1 aliphatic rings. The number of sulfonamides is 1. The van der Waals surface area contributed by atoms with Crippen molar-refractivity contribution in [2.45, 2.75) is 44.2 Å². The Morgan fingerprint density at radius 1 is 1.35 bits per heavy atom. The molecule has 2 aromatic rings. The maximum absolute atomic E-state index is 12.5. The maximum atomic E-state index is 12.5. The SMILES string of the molecule is Cc1cc(S(N)(=O)=O)cc(NC(=O)CN(Cc2ccco2)C2CC2)c1C. The highest BCUT2D eigenvalue weighted by atomic mass is 32.2. The van der Waals surface area contributed by atoms with E-state index in [4.69, 9.17) is 9.56 Å². The van der Waals surface area contributed by atoms with Crippen molar-refractivity contribution in [2.75, 3.05) is 11.9 Å². The molecule has 0 unspecified atom stereocenters. The van der Waals surface area contributed by atoms with Crippen molar-refractivity contribution in [2.24, 2.45) is 5.14 Å². The Hall–Kier alpha value is -2.16. The summed E-state index contributed by atoms with van der Waals surface area (Å²) in [5, 5.41) is 8.05. The van der Waals surface area contributed by atoms with Crippen LogP contribution in [0.25, 0.3) is 0 Å². The second-order valence-corrected chi connectivity index (χ2v) is 8.28. The highest BCUT2D eigenvalue weighted by molar-refractivity contribution is 7.89. The zero-order valence-corrected chi connectivity index (χ0v) is 15.7. The lowest BCUT2D eigenvalue weighted by Gasteiger charge is -2.21. The van der Waals surface area contributed by atoms with E-state index in [-0.39, 0.29) is 17.3 Å². The largest absolute Gasteiger partial charge is 0.468 e. The zero-order valence-electron chi connectivity index (χ0n) is 14.9. The van der Waals surface area contributed by atoms with Crippen LogP contribution in [0.15, 0.2) is 39.8 Å². The van der Waals surface area contributed by atoms with Crippen LogP contribution in [0.4, 0.5) is 5.69 Å². The number of nitrogens with two attached hydrogens (primary N) is 1. The molecular formula is C18H23N3O4S. The second-order valence-electron chi connectivity index (χ2n) is 6.72. The number of furan rings is 1. The minimum absolute atomic E-state index is 0.00876. The molecule has 1 heterocycles. The molecule has 0 spiro atoms. The third-order valence-corrected chi connectivity index (χ3v) is 5.49. The minimum atomic E-state index is -3.84. The fourth-order valence-electron chi connectivity index (χ4n) is 2.85. The fourth-order valence-corrected chi connectivity index (χ4v) is 3.47. The van der Waals surface area contributed by atoms with E-state index in [9.17, 15) is 13.2 Å². The van der Waals surface area contributed by atoms with Crippen LogP contribution >= 0.6 is 0 Å². The lowest BCUT2D eigenvalue weighted by atomic mass is 10.1. The lowest BCUT2D eigenvalue weighted by Crippen LogP contribution is -2.34. The average molecular weight is 377 g/mol. The number of carbonyl (C=O) groups is 1. The Labute approximate surface area is 153 Å². The molecule has 1 fully saturated rings. The summed E-state index contributed by atoms with van der Waals surface area (Å²) in [5.74, 6) is 0.616. The van der Waals surface area contributed by atoms with E-state index < -0.39 is 10.0 Å². The molecule has 1 aliphatic carbocycles. The summed E-state index contributed by atoms with van der Waals surface area (Å²) < 4.78 is 28.6. The molecule has 140 valence electrons. The first-order valence-corrected chi connectivity index (χ1v) is 9.99. The molecule has 0 bridgehead atoms. The predicted molar refractivity (Wildman–Crippen MR) is 98.1 cm³/mol. The zero-order chi connectivity index (χ0) is 18.9. The minimum Gasteiger partial charge on any atom is -0.468 e. The number of carbonyl (C=O) groups excluding carboxylic acids is 1. The number of rotatable bonds is 7. The number of hydrogen-bond donors (Lipinski definition) is 2. The van der Waals surface area contributed by atoms with Crippen LogP contribution in [0.1, 0.15) is 29.7 Å². The molecule has 0 saturated heterocycles. The van der Waals surface area contributed by atoms with Gasteiger partial charge in [0.05, 0.1) is 24.2 Å². The van der Waals surface area contributed by atoms with E-state index in [2.05, 4.69) is 10.2 Å². The summed E-state index contributed by atoms with van der Waals surface area (Å²) in [7, 11) is -3.84. The van der Waals surface area contributed by atoms with Gasteiger partial charge in [-0.05, 0) is 62.1 Å². The predicted octanol–water partition coefficient (Wildman–Crippen LogP) is 2.15. The number of benzene rings is 1. The topological polar surface area (TPSA) is 106 Å². The van der Waals surface area contributed by atoms with Gasteiger partial charge in [0, 0.05) is 11.7 Å². The summed E-state index contributed by atoms with van der Waals surface area (Å²) in [4.78, 5) is 14.6. The van der Waals surface area contributed by atoms with E-state index in [1.54, 1.807) is 13.2 Å². The van der Waals surface area contributed by atoms with Crippen molar-refractivity contribution in [1.29, 1.82) is 0 Å². The summed E-state index contributed by atoms with van der Waals surface area (Å²) in [6, 6.07) is 7.00. The number of nitrogens with one attached hydrogen (secondary N) is 1. The van der Waals surface area contributed by atoms with Crippen molar-refractivity contribution in [3.63, 3.8) is 0 Å². The number of anilines is 1. The molecule has 1 saturated carbocycles. The van der Waals surface area contributed by atoms with E-state index in [0.717, 1.165) is 29.7 Å². The van der Waals surface area contributed by atoms with Crippen molar-refractivity contribution in [3.8, 4) is 0 Å². The number of primary sulfonamides is 1. The van der Waals surface area contributed by atoms with E-state index in [0.29, 0.717) is 18.3 Å². The van der Waals surface area contributed by atoms with Crippen molar-refractivity contribution >= 4 is 21.6 Å². The summed E-state index contributed by atoms with van der Waals surface area (Å²) in [6.07, 6.45) is 3.74. The lowest BCUT2D eigenvalue weighted by molar-refractivity contribution is -0.117. The molecule has 1 aromatic heterocycles. The Balaban J connectivity index is 1.73. The Morgan fingerprint density at radius 3 is 2.65 bits per heavy atom. The molecule has 26 heavy (non-hydrogen) atoms. The van der Waals surface area contributed by atoms with Crippen LogP contribution in [-0.4, -0.2) is 31.8 Å². The van der Waals surface area contributed by atoms with Crippen LogP contribution in [0, 0.1) is 13.8 Å². The van der Waals surface area contributed by atoms with Gasteiger partial charge in [-0.2, -0.15) is 0 Å². The van der Waals surface area contributed by atoms with Gasteiger partial charge in [-0.15, -0.1) is 0 Å². The number of amides is 1. The van der Waals surface area contributed by atoms with E-state index in [1.807, 2.05) is 19.1 Å². The molecule has 8 heteroatoms. The highest BCUT2D eigenvalue weighted by Gasteiger charge is 2.31. The molecule has 0 aliphatic heterocycles. The molecule has 3 N–H and O–H groups in total. The third-order valence-electron chi connectivity index (χ3n) is 4.59. The van der Waals surface area contributed by atoms with Crippen LogP contribution in [-0.2, 0) is 21.4 Å². The smallest absolute Gasteiger partial charge is 0.238 e. The maximum Gasteiger partial charge on any atom is 0.238 e. The van der Waals surface area contributed by atoms with Gasteiger partial charge in [-0.3, -0.25) is 9.69 Å². The molecule has 1 aromatic carbocycles. The molecule has 7 nitrogen and oxygen atoms in total. The third kappa shape index (κ3) is 4.51. The van der Waals surface area contributed by atoms with E-state index >= 15 is 0 Å². The van der Waals surface area contributed by atoms with Gasteiger partial charge in [0.2, 0.25) is 15.9 Å². The van der Waals surface area contributed by atoms with Crippen LogP contribution in [0.2, 0.25) is 0 Å². The molecular weight excluding hydrogens is 354 g/mol. The van der Waals surface area contributed by atoms with Gasteiger partial charge in [-0.25, -0.2) is 13.6 Å². The molecule has 0 atom stereocenters. The highest BCUT2D eigenvalue weighted by Crippen LogP contribution is 2.29. The Bertz CT molecular complexity index is 903. The van der Waals surface area contributed by atoms with Crippen LogP contribution in [0.3, 0.4) is 0 Å². The monoisotopic (exact) mass is 377 g/mol. The first-order chi connectivity index (χ1) is 12.2. The summed E-state index contributed by atoms with van der Waals surface area (Å²) >= 11 is 0. The molecule has 3 rings (SSSR count).